The molecule has 0 spiro atoms. The zero-order valence-electron chi connectivity index (χ0n) is 18.3. The third kappa shape index (κ3) is 4.03. The molecule has 3 atom stereocenters. The number of aromatic nitrogens is 1. The highest BCUT2D eigenvalue weighted by atomic mass is 16.5. The number of nitrogens with one attached hydrogen (secondary N) is 1. The number of aryl methyl sites for hydroxylation is 1. The summed E-state index contributed by atoms with van der Waals surface area (Å²) in [5, 5.41) is 3.18. The first-order valence-corrected chi connectivity index (χ1v) is 11.6. The van der Waals surface area contributed by atoms with Crippen molar-refractivity contribution in [2.24, 2.45) is 18.9 Å². The fourth-order valence-electron chi connectivity index (χ4n) is 5.95. The molecule has 5 rings (SSSR count). The van der Waals surface area contributed by atoms with Crippen molar-refractivity contribution in [2.75, 3.05) is 39.4 Å². The number of rotatable bonds is 4. The minimum Gasteiger partial charge on any atom is -0.379 e. The van der Waals surface area contributed by atoms with E-state index in [-0.39, 0.29) is 29.0 Å². The minimum atomic E-state index is -0.243. The van der Waals surface area contributed by atoms with Crippen LogP contribution in [0, 0.1) is 11.8 Å². The van der Waals surface area contributed by atoms with E-state index in [1.807, 2.05) is 4.90 Å². The van der Waals surface area contributed by atoms with Crippen molar-refractivity contribution < 1.29 is 14.3 Å². The van der Waals surface area contributed by atoms with E-state index < -0.39 is 0 Å². The Bertz CT molecular complexity index is 936. The molecule has 2 aliphatic heterocycles. The molecule has 1 saturated heterocycles. The lowest BCUT2D eigenvalue weighted by Crippen LogP contribution is -2.47. The Kier molecular flexibility index (Phi) is 5.60. The SMILES string of the molecule is Cn1cc2c(c(C(=O)N[C@@H]3C[C@@H]4CC[C@H]3C4)c1=O)CCN(C(=O)CN1CCOCC1)C2. The molecule has 1 aromatic heterocycles. The van der Waals surface area contributed by atoms with E-state index >= 15 is 0 Å². The van der Waals surface area contributed by atoms with Gasteiger partial charge in [-0.1, -0.05) is 6.42 Å². The van der Waals surface area contributed by atoms with Gasteiger partial charge in [0.1, 0.15) is 5.56 Å². The number of pyridine rings is 1. The lowest BCUT2D eigenvalue weighted by molar-refractivity contribution is -0.134. The summed E-state index contributed by atoms with van der Waals surface area (Å²) < 4.78 is 6.85. The van der Waals surface area contributed by atoms with Crippen LogP contribution < -0.4 is 10.9 Å². The predicted molar refractivity (Wildman–Crippen MR) is 115 cm³/mol. The van der Waals surface area contributed by atoms with Crippen molar-refractivity contribution in [2.45, 2.75) is 44.7 Å². The van der Waals surface area contributed by atoms with Crippen LogP contribution in [0.2, 0.25) is 0 Å². The van der Waals surface area contributed by atoms with Crippen molar-refractivity contribution in [1.29, 1.82) is 0 Å². The molecular weight excluding hydrogens is 396 g/mol. The Morgan fingerprint density at radius 1 is 1.16 bits per heavy atom. The van der Waals surface area contributed by atoms with E-state index in [0.29, 0.717) is 45.2 Å². The summed E-state index contributed by atoms with van der Waals surface area (Å²) in [6.07, 6.45) is 7.03. The molecule has 2 bridgehead atoms. The van der Waals surface area contributed by atoms with Gasteiger partial charge in [-0.05, 0) is 48.6 Å². The standard InChI is InChI=1S/C23H32N4O4/c1-25-12-17-13-27(20(28)14-26-6-8-31-9-7-26)5-4-18(17)21(23(25)30)22(29)24-19-11-15-2-3-16(19)10-15/h12,15-16,19H,2-11,13-14H2,1H3,(H,24,29)/t15-,16+,19-/m1/s1. The van der Waals surface area contributed by atoms with E-state index in [0.717, 1.165) is 36.6 Å². The first-order chi connectivity index (χ1) is 15.0. The zero-order valence-corrected chi connectivity index (χ0v) is 18.3. The Balaban J connectivity index is 1.32. The maximum absolute atomic E-state index is 13.2. The van der Waals surface area contributed by atoms with Crippen LogP contribution in [0.3, 0.4) is 0 Å². The number of ether oxygens (including phenoxy) is 1. The van der Waals surface area contributed by atoms with Crippen LogP contribution in [0.1, 0.15) is 47.2 Å². The normalized spacial score (nSPS) is 27.9. The summed E-state index contributed by atoms with van der Waals surface area (Å²) in [5.74, 6) is 1.15. The van der Waals surface area contributed by atoms with E-state index in [1.165, 1.54) is 23.8 Å². The average Bonchev–Trinajstić information content (AvgIpc) is 3.38. The molecule has 3 fully saturated rings. The van der Waals surface area contributed by atoms with Crippen LogP contribution in [-0.2, 0) is 29.5 Å². The van der Waals surface area contributed by atoms with Crippen molar-refractivity contribution in [3.8, 4) is 0 Å². The number of amides is 2. The highest BCUT2D eigenvalue weighted by Crippen LogP contribution is 2.44. The van der Waals surface area contributed by atoms with Crippen molar-refractivity contribution in [3.05, 3.63) is 33.2 Å². The minimum absolute atomic E-state index is 0.0920. The summed E-state index contributed by atoms with van der Waals surface area (Å²) in [4.78, 5) is 42.9. The van der Waals surface area contributed by atoms with Gasteiger partial charge in [0.25, 0.3) is 11.5 Å². The van der Waals surface area contributed by atoms with E-state index in [1.54, 1.807) is 13.2 Å². The number of carbonyl (C=O) groups is 2. The molecule has 8 nitrogen and oxygen atoms in total. The number of nitrogens with zero attached hydrogens (tertiary/aromatic N) is 3. The Hall–Kier alpha value is -2.19. The fourth-order valence-corrected chi connectivity index (χ4v) is 5.95. The molecule has 4 aliphatic rings. The molecule has 31 heavy (non-hydrogen) atoms. The van der Waals surface area contributed by atoms with E-state index in [4.69, 9.17) is 4.74 Å². The second-order valence-electron chi connectivity index (χ2n) is 9.63. The molecule has 2 aliphatic carbocycles. The molecule has 1 N–H and O–H groups in total. The summed E-state index contributed by atoms with van der Waals surface area (Å²) >= 11 is 0. The quantitative estimate of drug-likeness (QED) is 0.756. The number of hydrogen-bond donors (Lipinski definition) is 1. The molecule has 2 amide bonds. The van der Waals surface area contributed by atoms with Crippen molar-refractivity contribution in [1.82, 2.24) is 19.7 Å². The Morgan fingerprint density at radius 3 is 2.68 bits per heavy atom. The average molecular weight is 429 g/mol. The molecule has 8 heteroatoms. The lowest BCUT2D eigenvalue weighted by atomic mass is 9.93. The first kappa shape index (κ1) is 20.7. The molecule has 0 radical (unpaired) electrons. The van der Waals surface area contributed by atoms with Gasteiger partial charge in [0, 0.05) is 45.5 Å². The highest BCUT2D eigenvalue weighted by molar-refractivity contribution is 5.96. The van der Waals surface area contributed by atoms with Gasteiger partial charge >= 0.3 is 0 Å². The Labute approximate surface area is 182 Å². The van der Waals surface area contributed by atoms with Crippen LogP contribution in [-0.4, -0.2) is 71.6 Å². The number of morpholine rings is 1. The number of carbonyl (C=O) groups excluding carboxylic acids is 2. The molecule has 1 aromatic rings. The van der Waals surface area contributed by atoms with Gasteiger partial charge in [-0.25, -0.2) is 0 Å². The van der Waals surface area contributed by atoms with E-state index in [2.05, 4.69) is 10.2 Å². The van der Waals surface area contributed by atoms with Gasteiger partial charge in [0.05, 0.1) is 19.8 Å². The maximum Gasteiger partial charge on any atom is 0.263 e. The summed E-state index contributed by atoms with van der Waals surface area (Å²) in [7, 11) is 1.69. The van der Waals surface area contributed by atoms with Gasteiger partial charge in [-0.3, -0.25) is 19.3 Å². The van der Waals surface area contributed by atoms with Crippen LogP contribution in [0.15, 0.2) is 11.0 Å². The fraction of sp³-hybridized carbons (Fsp3) is 0.696. The Morgan fingerprint density at radius 2 is 1.97 bits per heavy atom. The lowest BCUT2D eigenvalue weighted by Gasteiger charge is -2.33. The van der Waals surface area contributed by atoms with Crippen LogP contribution >= 0.6 is 0 Å². The molecule has 0 aromatic carbocycles. The zero-order chi connectivity index (χ0) is 21.5. The van der Waals surface area contributed by atoms with Crippen LogP contribution in [0.25, 0.3) is 0 Å². The monoisotopic (exact) mass is 428 g/mol. The van der Waals surface area contributed by atoms with Gasteiger partial charge in [0.2, 0.25) is 5.91 Å². The topological polar surface area (TPSA) is 83.9 Å². The number of hydrogen-bond acceptors (Lipinski definition) is 5. The van der Waals surface area contributed by atoms with Crippen molar-refractivity contribution in [3.63, 3.8) is 0 Å². The van der Waals surface area contributed by atoms with Gasteiger partial charge in [-0.15, -0.1) is 0 Å². The second-order valence-corrected chi connectivity index (χ2v) is 9.63. The van der Waals surface area contributed by atoms with Crippen LogP contribution in [0.4, 0.5) is 0 Å². The summed E-state index contributed by atoms with van der Waals surface area (Å²) in [6, 6.07) is 0.196. The highest BCUT2D eigenvalue weighted by Gasteiger charge is 2.41. The van der Waals surface area contributed by atoms with Crippen LogP contribution in [0.5, 0.6) is 0 Å². The molecule has 2 saturated carbocycles. The van der Waals surface area contributed by atoms with Gasteiger partial charge in [0.15, 0.2) is 0 Å². The predicted octanol–water partition coefficient (Wildman–Crippen LogP) is 0.521. The largest absolute Gasteiger partial charge is 0.379 e. The molecule has 168 valence electrons. The smallest absolute Gasteiger partial charge is 0.263 e. The number of fused-ring (bicyclic) bond motifs is 3. The van der Waals surface area contributed by atoms with E-state index in [9.17, 15) is 14.4 Å². The van der Waals surface area contributed by atoms with Gasteiger partial charge < -0.3 is 19.5 Å². The van der Waals surface area contributed by atoms with Crippen molar-refractivity contribution >= 4 is 11.8 Å². The molecular formula is C23H32N4O4. The van der Waals surface area contributed by atoms with Gasteiger partial charge in [-0.2, -0.15) is 0 Å². The maximum atomic E-state index is 13.2. The summed E-state index contributed by atoms with van der Waals surface area (Å²) in [6.45, 7) is 4.26. The third-order valence-electron chi connectivity index (χ3n) is 7.66. The molecule has 0 unspecified atom stereocenters. The summed E-state index contributed by atoms with van der Waals surface area (Å²) in [5.41, 5.74) is 1.76. The third-order valence-corrected chi connectivity index (χ3v) is 7.66. The second kappa shape index (κ2) is 8.39. The first-order valence-electron chi connectivity index (χ1n) is 11.6. The molecule has 3 heterocycles.